The molecule has 0 spiro atoms. The van der Waals surface area contributed by atoms with Crippen molar-refractivity contribution in [1.29, 1.82) is 0 Å². The first-order valence-electron chi connectivity index (χ1n) is 6.90. The third kappa shape index (κ3) is 4.46. The van der Waals surface area contributed by atoms with Crippen LogP contribution in [0.4, 0.5) is 0 Å². The Kier molecular flexibility index (Phi) is 6.43. The first-order chi connectivity index (χ1) is 8.60. The summed E-state index contributed by atoms with van der Waals surface area (Å²) in [7, 11) is 4.23. The van der Waals surface area contributed by atoms with E-state index in [-0.39, 0.29) is 5.54 Å². The van der Waals surface area contributed by atoms with E-state index in [1.165, 1.54) is 6.42 Å². The highest BCUT2D eigenvalue weighted by atomic mass is 16.5. The quantitative estimate of drug-likeness (QED) is 0.419. The summed E-state index contributed by atoms with van der Waals surface area (Å²) in [5.41, 5.74) is 5.99. The number of hydrogen-bond acceptors (Lipinski definition) is 3. The predicted molar refractivity (Wildman–Crippen MR) is 75.9 cm³/mol. The maximum Gasteiger partial charge on any atom is 0.188 e. The maximum atomic E-state index is 5.88. The van der Waals surface area contributed by atoms with Crippen molar-refractivity contribution in [3.8, 4) is 0 Å². The lowest BCUT2D eigenvalue weighted by atomic mass is 9.89. The van der Waals surface area contributed by atoms with Crippen LogP contribution >= 0.6 is 0 Å². The summed E-state index contributed by atoms with van der Waals surface area (Å²) in [5, 5.41) is 3.16. The van der Waals surface area contributed by atoms with Gasteiger partial charge in [0.1, 0.15) is 0 Å². The van der Waals surface area contributed by atoms with Crippen molar-refractivity contribution in [2.45, 2.75) is 38.1 Å². The number of hydrogen-bond donors (Lipinski definition) is 2. The maximum absolute atomic E-state index is 5.88. The number of nitrogens with zero attached hydrogens (tertiary/aromatic N) is 2. The van der Waals surface area contributed by atoms with E-state index in [9.17, 15) is 0 Å². The van der Waals surface area contributed by atoms with E-state index in [4.69, 9.17) is 10.5 Å². The molecular formula is C13H28N4O. The molecule has 1 saturated heterocycles. The predicted octanol–water partition coefficient (Wildman–Crippen LogP) is 0.802. The lowest BCUT2D eigenvalue weighted by Gasteiger charge is -2.41. The van der Waals surface area contributed by atoms with Gasteiger partial charge in [-0.15, -0.1) is 0 Å². The molecule has 0 aliphatic carbocycles. The smallest absolute Gasteiger partial charge is 0.188 e. The van der Waals surface area contributed by atoms with Crippen LogP contribution in [0.5, 0.6) is 0 Å². The second-order valence-corrected chi connectivity index (χ2v) is 5.21. The molecule has 0 unspecified atom stereocenters. The van der Waals surface area contributed by atoms with Gasteiger partial charge < -0.3 is 20.7 Å². The molecule has 0 amide bonds. The monoisotopic (exact) mass is 256 g/mol. The number of unbranched alkanes of at least 4 members (excludes halogenated alkanes) is 1. The molecule has 0 saturated carbocycles. The molecule has 0 aromatic carbocycles. The summed E-state index contributed by atoms with van der Waals surface area (Å²) < 4.78 is 5.44. The van der Waals surface area contributed by atoms with Gasteiger partial charge in [0.05, 0.1) is 6.54 Å². The van der Waals surface area contributed by atoms with Gasteiger partial charge >= 0.3 is 0 Å². The Bertz CT molecular complexity index is 260. The van der Waals surface area contributed by atoms with E-state index in [0.717, 1.165) is 45.6 Å². The molecule has 1 aliphatic heterocycles. The van der Waals surface area contributed by atoms with Crippen molar-refractivity contribution in [3.63, 3.8) is 0 Å². The van der Waals surface area contributed by atoms with Crippen LogP contribution in [-0.4, -0.2) is 56.8 Å². The molecule has 1 aliphatic rings. The van der Waals surface area contributed by atoms with Crippen molar-refractivity contribution in [2.24, 2.45) is 10.7 Å². The Labute approximate surface area is 111 Å². The zero-order valence-corrected chi connectivity index (χ0v) is 12.0. The first kappa shape index (κ1) is 15.2. The molecule has 0 atom stereocenters. The summed E-state index contributed by atoms with van der Waals surface area (Å²) in [6, 6.07) is 0. The Morgan fingerprint density at radius 2 is 2.06 bits per heavy atom. The summed E-state index contributed by atoms with van der Waals surface area (Å²) in [5.74, 6) is 0.566. The Hall–Kier alpha value is -0.810. The van der Waals surface area contributed by atoms with E-state index in [1.807, 2.05) is 0 Å². The highest BCUT2D eigenvalue weighted by Gasteiger charge is 2.34. The van der Waals surface area contributed by atoms with Gasteiger partial charge in [0, 0.05) is 25.3 Å². The number of likely N-dealkylation sites (N-methyl/N-ethyl adjacent to an activating group) is 1. The minimum Gasteiger partial charge on any atom is -0.381 e. The van der Waals surface area contributed by atoms with Gasteiger partial charge in [-0.05, 0) is 33.4 Å². The molecule has 18 heavy (non-hydrogen) atoms. The second-order valence-electron chi connectivity index (χ2n) is 5.21. The van der Waals surface area contributed by atoms with Crippen LogP contribution in [0, 0.1) is 0 Å². The summed E-state index contributed by atoms with van der Waals surface area (Å²) in [4.78, 5) is 6.76. The standard InChI is InChI=1S/C13H28N4O/c1-4-5-8-15-12(14)16-11-13(17(2)3)6-9-18-10-7-13/h4-11H2,1-3H3,(H3,14,15,16). The van der Waals surface area contributed by atoms with Crippen LogP contribution in [-0.2, 0) is 4.74 Å². The Balaban J connectivity index is 2.48. The molecule has 106 valence electrons. The SMILES string of the molecule is CCCCNC(N)=NCC1(N(C)C)CCOCC1. The minimum atomic E-state index is 0.106. The Morgan fingerprint density at radius 3 is 2.61 bits per heavy atom. The van der Waals surface area contributed by atoms with Crippen molar-refractivity contribution in [1.82, 2.24) is 10.2 Å². The fourth-order valence-corrected chi connectivity index (χ4v) is 2.18. The van der Waals surface area contributed by atoms with Crippen LogP contribution in [0.1, 0.15) is 32.6 Å². The van der Waals surface area contributed by atoms with Gasteiger partial charge in [0.2, 0.25) is 0 Å². The normalized spacial score (nSPS) is 20.1. The van der Waals surface area contributed by atoms with Crippen molar-refractivity contribution < 1.29 is 4.74 Å². The lowest BCUT2D eigenvalue weighted by Crippen LogP contribution is -2.51. The minimum absolute atomic E-state index is 0.106. The molecular weight excluding hydrogens is 228 g/mol. The van der Waals surface area contributed by atoms with Gasteiger partial charge in [-0.3, -0.25) is 4.99 Å². The summed E-state index contributed by atoms with van der Waals surface area (Å²) in [6.07, 6.45) is 4.33. The molecule has 1 heterocycles. The third-order valence-electron chi connectivity index (χ3n) is 3.75. The molecule has 1 fully saturated rings. The molecule has 0 radical (unpaired) electrons. The van der Waals surface area contributed by atoms with Crippen LogP contribution in [0.25, 0.3) is 0 Å². The molecule has 0 aromatic heterocycles. The van der Waals surface area contributed by atoms with E-state index >= 15 is 0 Å². The molecule has 0 aromatic rings. The fourth-order valence-electron chi connectivity index (χ4n) is 2.18. The number of guanidine groups is 1. The average Bonchev–Trinajstić information content (AvgIpc) is 2.37. The van der Waals surface area contributed by atoms with E-state index in [0.29, 0.717) is 5.96 Å². The first-order valence-corrected chi connectivity index (χ1v) is 6.90. The van der Waals surface area contributed by atoms with Crippen molar-refractivity contribution in [3.05, 3.63) is 0 Å². The number of ether oxygens (including phenoxy) is 1. The number of aliphatic imine (C=N–C) groups is 1. The topological polar surface area (TPSA) is 62.9 Å². The molecule has 1 rings (SSSR count). The van der Waals surface area contributed by atoms with Crippen LogP contribution in [0.15, 0.2) is 4.99 Å². The average molecular weight is 256 g/mol. The molecule has 3 N–H and O–H groups in total. The second kappa shape index (κ2) is 7.59. The zero-order valence-electron chi connectivity index (χ0n) is 12.0. The van der Waals surface area contributed by atoms with E-state index < -0.39 is 0 Å². The third-order valence-corrected chi connectivity index (χ3v) is 3.75. The van der Waals surface area contributed by atoms with Gasteiger partial charge in [-0.25, -0.2) is 0 Å². The van der Waals surface area contributed by atoms with E-state index in [2.05, 4.69) is 36.2 Å². The highest BCUT2D eigenvalue weighted by Crippen LogP contribution is 2.26. The van der Waals surface area contributed by atoms with Gasteiger partial charge in [-0.1, -0.05) is 13.3 Å². The molecule has 5 nitrogen and oxygen atoms in total. The van der Waals surface area contributed by atoms with Crippen LogP contribution < -0.4 is 11.1 Å². The van der Waals surface area contributed by atoms with E-state index in [1.54, 1.807) is 0 Å². The zero-order chi connectivity index (χ0) is 13.4. The van der Waals surface area contributed by atoms with Crippen LogP contribution in [0.3, 0.4) is 0 Å². The number of nitrogens with two attached hydrogens (primary N) is 1. The van der Waals surface area contributed by atoms with Gasteiger partial charge in [0.25, 0.3) is 0 Å². The summed E-state index contributed by atoms with van der Waals surface area (Å²) >= 11 is 0. The number of nitrogens with one attached hydrogen (secondary N) is 1. The van der Waals surface area contributed by atoms with Crippen molar-refractivity contribution in [2.75, 3.05) is 40.4 Å². The summed E-state index contributed by atoms with van der Waals surface area (Å²) in [6.45, 7) is 5.45. The highest BCUT2D eigenvalue weighted by molar-refractivity contribution is 5.77. The fraction of sp³-hybridized carbons (Fsp3) is 0.923. The van der Waals surface area contributed by atoms with Gasteiger partial charge in [0.15, 0.2) is 5.96 Å². The number of rotatable bonds is 6. The Morgan fingerprint density at radius 1 is 1.39 bits per heavy atom. The lowest BCUT2D eigenvalue weighted by molar-refractivity contribution is -0.00252. The molecule has 0 bridgehead atoms. The van der Waals surface area contributed by atoms with Gasteiger partial charge in [-0.2, -0.15) is 0 Å². The van der Waals surface area contributed by atoms with Crippen molar-refractivity contribution >= 4 is 5.96 Å². The largest absolute Gasteiger partial charge is 0.381 e. The van der Waals surface area contributed by atoms with Crippen LogP contribution in [0.2, 0.25) is 0 Å². The molecule has 5 heteroatoms.